The van der Waals surface area contributed by atoms with Gasteiger partial charge in [0.25, 0.3) is 0 Å². The van der Waals surface area contributed by atoms with Gasteiger partial charge in [0.1, 0.15) is 12.2 Å². The molecular weight excluding hydrogens is 174 g/mol. The maximum Gasteiger partial charge on any atom is 0.110 e. The summed E-state index contributed by atoms with van der Waals surface area (Å²) in [7, 11) is 0. The first-order valence-corrected chi connectivity index (χ1v) is 3.90. The Morgan fingerprint density at radius 1 is 1.23 bits per heavy atom. The predicted molar refractivity (Wildman–Crippen MR) is 44.7 cm³/mol. The second kappa shape index (κ2) is 4.25. The standard InChI is InChI=1S/C7H11N3O3/c8-10-9-3-4-1-2-5(11)7(13)6(4)12/h1-2,4-7,11-13H,3H2/t4-,5+,6-,7-/m1/s1. The number of hydrogen-bond acceptors (Lipinski definition) is 4. The second-order valence-corrected chi connectivity index (χ2v) is 2.93. The van der Waals surface area contributed by atoms with Crippen molar-refractivity contribution in [3.05, 3.63) is 22.6 Å². The molecule has 1 aliphatic carbocycles. The number of rotatable bonds is 2. The zero-order chi connectivity index (χ0) is 9.84. The van der Waals surface area contributed by atoms with Crippen LogP contribution in [0.4, 0.5) is 0 Å². The molecule has 0 amide bonds. The van der Waals surface area contributed by atoms with E-state index in [1.807, 2.05) is 0 Å². The van der Waals surface area contributed by atoms with Crippen LogP contribution in [-0.4, -0.2) is 40.2 Å². The van der Waals surface area contributed by atoms with Gasteiger partial charge in [0.2, 0.25) is 0 Å². The third-order valence-corrected chi connectivity index (χ3v) is 2.05. The largest absolute Gasteiger partial charge is 0.390 e. The van der Waals surface area contributed by atoms with Crippen LogP contribution in [0.3, 0.4) is 0 Å². The van der Waals surface area contributed by atoms with Crippen molar-refractivity contribution in [3.8, 4) is 0 Å². The van der Waals surface area contributed by atoms with Crippen LogP contribution in [0, 0.1) is 5.92 Å². The van der Waals surface area contributed by atoms with Gasteiger partial charge in [-0.2, -0.15) is 0 Å². The van der Waals surface area contributed by atoms with Crippen molar-refractivity contribution in [2.75, 3.05) is 6.54 Å². The van der Waals surface area contributed by atoms with Crippen LogP contribution in [-0.2, 0) is 0 Å². The Balaban J connectivity index is 2.66. The van der Waals surface area contributed by atoms with Gasteiger partial charge in [-0.25, -0.2) is 0 Å². The summed E-state index contributed by atoms with van der Waals surface area (Å²) in [4.78, 5) is 2.54. The summed E-state index contributed by atoms with van der Waals surface area (Å²) in [5.41, 5.74) is 8.04. The first kappa shape index (κ1) is 10.0. The fourth-order valence-corrected chi connectivity index (χ4v) is 1.24. The van der Waals surface area contributed by atoms with E-state index in [4.69, 9.17) is 10.6 Å². The van der Waals surface area contributed by atoms with Crippen molar-refractivity contribution in [2.24, 2.45) is 11.0 Å². The van der Waals surface area contributed by atoms with Gasteiger partial charge in [-0.3, -0.25) is 0 Å². The van der Waals surface area contributed by atoms with Crippen molar-refractivity contribution in [1.82, 2.24) is 0 Å². The van der Waals surface area contributed by atoms with E-state index in [1.54, 1.807) is 0 Å². The SMILES string of the molecule is [N-]=[N+]=NC[C@H]1C=C[C@H](O)[C@@H](O)[C@@H]1O. The summed E-state index contributed by atoms with van der Waals surface area (Å²) < 4.78 is 0. The minimum atomic E-state index is -1.20. The van der Waals surface area contributed by atoms with E-state index in [2.05, 4.69) is 10.0 Å². The van der Waals surface area contributed by atoms with Crippen LogP contribution in [0.1, 0.15) is 0 Å². The van der Waals surface area contributed by atoms with Crippen LogP contribution >= 0.6 is 0 Å². The van der Waals surface area contributed by atoms with Gasteiger partial charge in [-0.15, -0.1) is 0 Å². The van der Waals surface area contributed by atoms with E-state index < -0.39 is 24.2 Å². The van der Waals surface area contributed by atoms with Gasteiger partial charge in [-0.05, 0) is 5.53 Å². The van der Waals surface area contributed by atoms with Crippen LogP contribution < -0.4 is 0 Å². The average molecular weight is 185 g/mol. The molecule has 0 heterocycles. The lowest BCUT2D eigenvalue weighted by molar-refractivity contribution is -0.0637. The van der Waals surface area contributed by atoms with Crippen LogP contribution in [0.5, 0.6) is 0 Å². The van der Waals surface area contributed by atoms with Crippen molar-refractivity contribution < 1.29 is 15.3 Å². The molecule has 0 unspecified atom stereocenters. The molecule has 0 spiro atoms. The molecule has 0 bridgehead atoms. The van der Waals surface area contributed by atoms with Gasteiger partial charge in [0, 0.05) is 17.4 Å². The lowest BCUT2D eigenvalue weighted by atomic mass is 9.89. The van der Waals surface area contributed by atoms with E-state index in [0.29, 0.717) is 0 Å². The highest BCUT2D eigenvalue weighted by Gasteiger charge is 2.32. The normalized spacial score (nSPS) is 38.4. The third kappa shape index (κ3) is 2.19. The molecule has 0 aromatic carbocycles. The van der Waals surface area contributed by atoms with E-state index >= 15 is 0 Å². The minimum absolute atomic E-state index is 0.0813. The molecule has 6 heteroatoms. The Bertz CT molecular complexity index is 249. The zero-order valence-electron chi connectivity index (χ0n) is 6.85. The van der Waals surface area contributed by atoms with Crippen molar-refractivity contribution >= 4 is 0 Å². The lowest BCUT2D eigenvalue weighted by Gasteiger charge is -2.29. The van der Waals surface area contributed by atoms with Gasteiger partial charge in [0.05, 0.1) is 6.10 Å². The first-order chi connectivity index (χ1) is 6.16. The molecule has 0 aliphatic heterocycles. The number of aliphatic hydroxyl groups is 3. The molecule has 13 heavy (non-hydrogen) atoms. The smallest absolute Gasteiger partial charge is 0.110 e. The van der Waals surface area contributed by atoms with Gasteiger partial charge in [-0.1, -0.05) is 17.3 Å². The van der Waals surface area contributed by atoms with Crippen LogP contribution in [0.15, 0.2) is 17.3 Å². The highest BCUT2D eigenvalue weighted by Crippen LogP contribution is 2.19. The maximum atomic E-state index is 9.39. The molecule has 0 aromatic heterocycles. The van der Waals surface area contributed by atoms with Gasteiger partial charge < -0.3 is 15.3 Å². The van der Waals surface area contributed by atoms with Crippen molar-refractivity contribution in [2.45, 2.75) is 18.3 Å². The molecular formula is C7H11N3O3. The quantitative estimate of drug-likeness (QED) is 0.235. The number of nitrogens with zero attached hydrogens (tertiary/aromatic N) is 3. The molecule has 4 atom stereocenters. The van der Waals surface area contributed by atoms with Gasteiger partial charge >= 0.3 is 0 Å². The molecule has 0 aromatic rings. The third-order valence-electron chi connectivity index (χ3n) is 2.05. The van der Waals surface area contributed by atoms with E-state index in [1.165, 1.54) is 12.2 Å². The Morgan fingerprint density at radius 3 is 2.54 bits per heavy atom. The minimum Gasteiger partial charge on any atom is -0.390 e. The molecule has 0 fully saturated rings. The predicted octanol–water partition coefficient (Wildman–Crippen LogP) is -0.435. The first-order valence-electron chi connectivity index (χ1n) is 3.90. The molecule has 0 saturated heterocycles. The maximum absolute atomic E-state index is 9.39. The molecule has 1 aliphatic rings. The molecule has 72 valence electrons. The van der Waals surface area contributed by atoms with E-state index in [-0.39, 0.29) is 6.54 Å². The van der Waals surface area contributed by atoms with Gasteiger partial charge in [0.15, 0.2) is 0 Å². The van der Waals surface area contributed by atoms with E-state index in [9.17, 15) is 10.2 Å². The summed E-state index contributed by atoms with van der Waals surface area (Å²) in [6, 6.07) is 0. The summed E-state index contributed by atoms with van der Waals surface area (Å²) in [6.45, 7) is 0.0813. The highest BCUT2D eigenvalue weighted by atomic mass is 16.4. The summed E-state index contributed by atoms with van der Waals surface area (Å²) in [5, 5.41) is 31.0. The summed E-state index contributed by atoms with van der Waals surface area (Å²) in [5.74, 6) is -0.422. The summed E-state index contributed by atoms with van der Waals surface area (Å²) in [6.07, 6.45) is -0.405. The summed E-state index contributed by atoms with van der Waals surface area (Å²) >= 11 is 0. The number of azide groups is 1. The molecule has 3 N–H and O–H groups in total. The average Bonchev–Trinajstić information content (AvgIpc) is 2.13. The topological polar surface area (TPSA) is 109 Å². The number of hydrogen-bond donors (Lipinski definition) is 3. The Morgan fingerprint density at radius 2 is 1.92 bits per heavy atom. The molecule has 0 radical (unpaired) electrons. The van der Waals surface area contributed by atoms with Crippen LogP contribution in [0.2, 0.25) is 0 Å². The van der Waals surface area contributed by atoms with Crippen LogP contribution in [0.25, 0.3) is 10.4 Å². The molecule has 1 rings (SSSR count). The molecule has 0 saturated carbocycles. The lowest BCUT2D eigenvalue weighted by Crippen LogP contribution is -2.44. The van der Waals surface area contributed by atoms with E-state index in [0.717, 1.165) is 0 Å². The zero-order valence-corrected chi connectivity index (χ0v) is 6.85. The number of aliphatic hydroxyl groups excluding tert-OH is 3. The Hall–Kier alpha value is -1.07. The fourth-order valence-electron chi connectivity index (χ4n) is 1.24. The highest BCUT2D eigenvalue weighted by molar-refractivity contribution is 5.07. The Kier molecular flexibility index (Phi) is 3.27. The Labute approximate surface area is 74.7 Å². The second-order valence-electron chi connectivity index (χ2n) is 2.93. The molecule has 6 nitrogen and oxygen atoms in total. The fraction of sp³-hybridized carbons (Fsp3) is 0.714. The monoisotopic (exact) mass is 185 g/mol. The van der Waals surface area contributed by atoms with Crippen molar-refractivity contribution in [3.63, 3.8) is 0 Å². The van der Waals surface area contributed by atoms with Crippen molar-refractivity contribution in [1.29, 1.82) is 0 Å².